The smallest absolute Gasteiger partial charge is 0.207 e. The fraction of sp³-hybridized carbons (Fsp3) is 1.00. The molecule has 3 atom stereocenters. The van der Waals surface area contributed by atoms with Crippen LogP contribution >= 0.6 is 38.9 Å². The lowest BCUT2D eigenvalue weighted by atomic mass is 11.4. The van der Waals surface area contributed by atoms with E-state index in [0.29, 0.717) is 0 Å². The van der Waals surface area contributed by atoms with Crippen molar-refractivity contribution in [2.24, 2.45) is 22.6 Å². The Morgan fingerprint density at radius 3 is 0.938 bits per heavy atom. The van der Waals surface area contributed by atoms with Crippen molar-refractivity contribution >= 4 is 38.9 Å². The molecule has 0 aromatic heterocycles. The normalized spacial score (nSPS) is 33.6. The van der Waals surface area contributed by atoms with Gasteiger partial charge in [-0.1, -0.05) is 0 Å². The minimum absolute atomic E-state index is 0.985. The molecule has 1 heterocycles. The van der Waals surface area contributed by atoms with Gasteiger partial charge in [0.15, 0.2) is 0 Å². The molecule has 32 heavy (non-hydrogen) atoms. The first-order chi connectivity index (χ1) is 13.7. The number of rotatable bonds is 3. The maximum absolute atomic E-state index is 14.4. The monoisotopic (exact) mass is 613 g/mol. The van der Waals surface area contributed by atoms with Crippen LogP contribution < -0.4 is 0 Å². The first-order valence-corrected chi connectivity index (χ1v) is 13.5. The summed E-state index contributed by atoms with van der Waals surface area (Å²) in [5, 5.41) is 0. The molecule has 192 valence electrons. The highest BCUT2D eigenvalue weighted by atomic mass is 31.3. The van der Waals surface area contributed by atoms with Crippen LogP contribution in [0.2, 0.25) is 0 Å². The summed E-state index contributed by atoms with van der Waals surface area (Å²) >= 11 is 0. The van der Waals surface area contributed by atoms with Crippen LogP contribution in [0.3, 0.4) is 0 Å². The average molecular weight is 613 g/mol. The topological polar surface area (TPSA) is 89.5 Å². The van der Waals surface area contributed by atoms with Crippen LogP contribution in [0.5, 0.6) is 0 Å². The summed E-state index contributed by atoms with van der Waals surface area (Å²) in [5.41, 5.74) is 0. The van der Waals surface area contributed by atoms with Crippen molar-refractivity contribution in [3.63, 3.8) is 0 Å². The molecular weight excluding hydrogens is 613 g/mol. The Balaban J connectivity index is 4.28. The third-order valence-electron chi connectivity index (χ3n) is 1.75. The molecule has 1 aliphatic rings. The van der Waals surface area contributed by atoms with Crippen LogP contribution in [0.15, 0.2) is 22.6 Å². The van der Waals surface area contributed by atoms with Gasteiger partial charge in [0.25, 0.3) is 0 Å². The molecular formula is C3F16N5O3P5. The third-order valence-corrected chi connectivity index (χ3v) is 11.8. The third kappa shape index (κ3) is 10.9. The predicted molar refractivity (Wildman–Crippen MR) is 75.9 cm³/mol. The molecule has 0 aromatic carbocycles. The van der Waals surface area contributed by atoms with E-state index in [1.165, 1.54) is 0 Å². The maximum atomic E-state index is 14.4. The Morgan fingerprint density at radius 2 is 0.625 bits per heavy atom. The molecule has 0 aliphatic carbocycles. The van der Waals surface area contributed by atoms with Crippen molar-refractivity contribution in [1.29, 1.82) is 0 Å². The largest absolute Gasteiger partial charge is 0.530 e. The molecule has 29 heteroatoms. The Bertz CT molecular complexity index is 986. The van der Waals surface area contributed by atoms with Crippen molar-refractivity contribution in [2.75, 3.05) is 0 Å². The molecule has 0 N–H and O–H groups in total. The number of hydrogen-bond acceptors (Lipinski definition) is 8. The maximum Gasteiger partial charge on any atom is 0.530 e. The molecule has 0 spiro atoms. The van der Waals surface area contributed by atoms with Gasteiger partial charge >= 0.3 is 58.0 Å². The number of nitrogens with zero attached hydrogens (tertiary/aromatic N) is 5. The molecule has 0 aromatic rings. The first kappa shape index (κ1) is 29.9. The summed E-state index contributed by atoms with van der Waals surface area (Å²) in [6, 6.07) is 0. The molecule has 1 rings (SSSR count). The van der Waals surface area contributed by atoms with Crippen LogP contribution in [0.25, 0.3) is 0 Å². The summed E-state index contributed by atoms with van der Waals surface area (Å²) in [6.45, 7) is 0. The molecule has 8 nitrogen and oxygen atoms in total. The van der Waals surface area contributed by atoms with Crippen LogP contribution in [-0.4, -0.2) is 19.1 Å². The van der Waals surface area contributed by atoms with Gasteiger partial charge in [0, 0.05) is 0 Å². The van der Waals surface area contributed by atoms with Crippen molar-refractivity contribution in [3.8, 4) is 0 Å². The number of hydrogen-bond donors (Lipinski definition) is 0. The van der Waals surface area contributed by atoms with E-state index in [9.17, 15) is 68.9 Å². The summed E-state index contributed by atoms with van der Waals surface area (Å²) in [5.74, 6) is 0. The van der Waals surface area contributed by atoms with E-state index < -0.39 is 58.0 Å². The second-order valence-corrected chi connectivity index (χ2v) is 13.2. The second kappa shape index (κ2) is 8.85. The van der Waals surface area contributed by atoms with Crippen molar-refractivity contribution in [2.45, 2.75) is 19.1 Å². The molecule has 0 saturated heterocycles. The van der Waals surface area contributed by atoms with Crippen LogP contribution in [0, 0.1) is 0 Å². The zero-order valence-corrected chi connectivity index (χ0v) is 17.7. The molecule has 0 amide bonds. The lowest BCUT2D eigenvalue weighted by molar-refractivity contribution is -0.275. The highest BCUT2D eigenvalue weighted by Gasteiger charge is 2.51. The van der Waals surface area contributed by atoms with Gasteiger partial charge in [-0.05, 0) is 0 Å². The summed E-state index contributed by atoms with van der Waals surface area (Å²) in [7, 11) is -38.3. The zero-order valence-electron chi connectivity index (χ0n) is 13.2. The minimum Gasteiger partial charge on any atom is -0.207 e. The predicted octanol–water partition coefficient (Wildman–Crippen LogP) is 11.1. The first-order valence-electron chi connectivity index (χ1n) is 6.04. The molecule has 0 radical (unpaired) electrons. The lowest BCUT2D eigenvalue weighted by Crippen LogP contribution is -2.12. The van der Waals surface area contributed by atoms with E-state index in [-0.39, 0.29) is 0 Å². The van der Waals surface area contributed by atoms with E-state index in [4.69, 9.17) is 0 Å². The van der Waals surface area contributed by atoms with Gasteiger partial charge in [-0.15, -0.1) is 78.9 Å². The molecule has 0 fully saturated rings. The molecule has 0 saturated carbocycles. The van der Waals surface area contributed by atoms with E-state index in [1.807, 2.05) is 0 Å². The van der Waals surface area contributed by atoms with Crippen molar-refractivity contribution in [3.05, 3.63) is 0 Å². The second-order valence-electron chi connectivity index (χ2n) is 4.39. The van der Waals surface area contributed by atoms with Gasteiger partial charge in [0.1, 0.15) is 0 Å². The van der Waals surface area contributed by atoms with Gasteiger partial charge < -0.3 is 0 Å². The quantitative estimate of drug-likeness (QED) is 0.234. The fourth-order valence-corrected chi connectivity index (χ4v) is 10.6. The van der Waals surface area contributed by atoms with Gasteiger partial charge in [-0.3, -0.25) is 0 Å². The van der Waals surface area contributed by atoms with Crippen LogP contribution in [-0.2, 0) is 13.6 Å². The van der Waals surface area contributed by atoms with Gasteiger partial charge in [0.2, 0.25) is 0 Å². The van der Waals surface area contributed by atoms with E-state index >= 15 is 0 Å². The lowest BCUT2D eigenvalue weighted by Gasteiger charge is -2.21. The fourth-order valence-electron chi connectivity index (χ4n) is 1.26. The van der Waals surface area contributed by atoms with Crippen LogP contribution in [0.1, 0.15) is 0 Å². The van der Waals surface area contributed by atoms with Crippen LogP contribution in [0.4, 0.5) is 68.9 Å². The van der Waals surface area contributed by atoms with Gasteiger partial charge in [-0.25, -0.2) is 13.6 Å². The van der Waals surface area contributed by atoms with E-state index in [0.717, 1.165) is 22.6 Å². The summed E-state index contributed by atoms with van der Waals surface area (Å²) < 4.78 is 219. The van der Waals surface area contributed by atoms with Gasteiger partial charge in [-0.2, -0.15) is 12.6 Å². The minimum atomic E-state index is -7.77. The SMILES string of the molecule is FC(F)(F)OP1(F)=NP(F)(F)=NP(F)(F)=NP(F)(OC(F)(F)F)=NP(F)(OC(F)(F)F)=N1. The summed E-state index contributed by atoms with van der Waals surface area (Å²) in [6.07, 6.45) is -19.7. The van der Waals surface area contributed by atoms with Crippen molar-refractivity contribution in [1.82, 2.24) is 0 Å². The highest BCUT2D eigenvalue weighted by molar-refractivity contribution is 7.78. The standard InChI is InChI=1S/C3F16N5O3P5/c4-1(5,6)25-30(17)21-28(13,14)20-29(15,16)22-31(18,26-2(7,8)9)24-32(19,23-30)27-3(10,11)12. The average Bonchev–Trinajstić information content (AvgIpc) is 2.21. The Hall–Kier alpha value is -0.0900. The number of alkyl halides is 9. The molecule has 0 bridgehead atoms. The molecule has 1 aliphatic heterocycles. The highest BCUT2D eigenvalue weighted by Crippen LogP contribution is 2.83. The van der Waals surface area contributed by atoms with E-state index in [1.54, 1.807) is 0 Å². The van der Waals surface area contributed by atoms with Gasteiger partial charge in [0.05, 0.1) is 0 Å². The molecule has 3 unspecified atom stereocenters. The van der Waals surface area contributed by atoms with Crippen molar-refractivity contribution < 1.29 is 82.5 Å². The summed E-state index contributed by atoms with van der Waals surface area (Å²) in [4.78, 5) is 0. The zero-order chi connectivity index (χ0) is 25.7. The Morgan fingerprint density at radius 1 is 0.375 bits per heavy atom. The Kier molecular flexibility index (Phi) is 8.28. The number of halogens is 16. The Labute approximate surface area is 164 Å². The van der Waals surface area contributed by atoms with E-state index in [2.05, 4.69) is 13.6 Å².